The third kappa shape index (κ3) is 4.33. The fourth-order valence-corrected chi connectivity index (χ4v) is 2.45. The Hall–Kier alpha value is -3.02. The monoisotopic (exact) mass is 351 g/mol. The molecule has 1 aromatic carbocycles. The summed E-state index contributed by atoms with van der Waals surface area (Å²) in [6.07, 6.45) is 2.69. The van der Waals surface area contributed by atoms with Crippen molar-refractivity contribution in [2.45, 2.75) is 33.2 Å². The molecule has 0 aliphatic heterocycles. The highest BCUT2D eigenvalue weighted by molar-refractivity contribution is 5.66. The van der Waals surface area contributed by atoms with Crippen LogP contribution < -0.4 is 10.6 Å². The number of halogens is 1. The molecule has 134 valence electrons. The summed E-state index contributed by atoms with van der Waals surface area (Å²) in [5, 5.41) is 6.56. The topological polar surface area (TPSA) is 62.7 Å². The Bertz CT molecular complexity index is 883. The van der Waals surface area contributed by atoms with Crippen molar-refractivity contribution >= 4 is 17.5 Å². The second-order valence-electron chi connectivity index (χ2n) is 6.21. The number of nitrogens with zero attached hydrogens (tertiary/aromatic N) is 3. The lowest BCUT2D eigenvalue weighted by Crippen LogP contribution is -2.16. The van der Waals surface area contributed by atoms with E-state index in [4.69, 9.17) is 0 Å². The van der Waals surface area contributed by atoms with Crippen LogP contribution in [0.3, 0.4) is 0 Å². The number of hydrogen-bond donors (Lipinski definition) is 2. The molecule has 0 aliphatic rings. The molecule has 0 fully saturated rings. The van der Waals surface area contributed by atoms with Crippen molar-refractivity contribution in [3.05, 3.63) is 60.0 Å². The second kappa shape index (κ2) is 7.91. The summed E-state index contributed by atoms with van der Waals surface area (Å²) in [4.78, 5) is 13.5. The molecular formula is C20H22FN5. The molecule has 2 N–H and O–H groups in total. The molecule has 3 aromatic rings. The average Bonchev–Trinajstić information content (AvgIpc) is 2.64. The molecular weight excluding hydrogens is 329 g/mol. The lowest BCUT2D eigenvalue weighted by Gasteiger charge is -2.15. The van der Waals surface area contributed by atoms with Gasteiger partial charge in [-0.15, -0.1) is 0 Å². The van der Waals surface area contributed by atoms with E-state index in [-0.39, 0.29) is 11.9 Å². The van der Waals surface area contributed by atoms with E-state index >= 15 is 0 Å². The van der Waals surface area contributed by atoms with Gasteiger partial charge in [0.2, 0.25) is 5.95 Å². The van der Waals surface area contributed by atoms with Gasteiger partial charge in [-0.25, -0.2) is 9.37 Å². The fourth-order valence-electron chi connectivity index (χ4n) is 2.45. The highest BCUT2D eigenvalue weighted by Crippen LogP contribution is 2.24. The van der Waals surface area contributed by atoms with Gasteiger partial charge >= 0.3 is 0 Å². The average molecular weight is 351 g/mol. The molecule has 0 saturated heterocycles. The third-order valence-electron chi connectivity index (χ3n) is 4.09. The highest BCUT2D eigenvalue weighted by atomic mass is 19.1. The molecule has 0 radical (unpaired) electrons. The van der Waals surface area contributed by atoms with Crippen LogP contribution >= 0.6 is 0 Å². The van der Waals surface area contributed by atoms with Crippen molar-refractivity contribution in [2.24, 2.45) is 0 Å². The molecule has 2 heterocycles. The first-order valence-corrected chi connectivity index (χ1v) is 8.65. The zero-order chi connectivity index (χ0) is 18.5. The first kappa shape index (κ1) is 17.8. The molecule has 0 amide bonds. The van der Waals surface area contributed by atoms with Gasteiger partial charge < -0.3 is 10.6 Å². The summed E-state index contributed by atoms with van der Waals surface area (Å²) in [5.41, 5.74) is 3.08. The largest absolute Gasteiger partial charge is 0.352 e. The minimum atomic E-state index is -0.260. The maximum atomic E-state index is 13.3. The Morgan fingerprint density at radius 2 is 1.92 bits per heavy atom. The number of anilines is 3. The summed E-state index contributed by atoms with van der Waals surface area (Å²) in [5.74, 6) is 0.898. The smallest absolute Gasteiger partial charge is 0.225 e. The summed E-state index contributed by atoms with van der Waals surface area (Å²) in [6, 6.07) is 12.4. The van der Waals surface area contributed by atoms with Gasteiger partial charge in [-0.2, -0.15) is 4.98 Å². The fraction of sp³-hybridized carbons (Fsp3) is 0.250. The van der Waals surface area contributed by atoms with Gasteiger partial charge in [-0.05, 0) is 56.2 Å². The Labute approximate surface area is 152 Å². The number of pyridine rings is 1. The summed E-state index contributed by atoms with van der Waals surface area (Å²) in [7, 11) is 0. The van der Waals surface area contributed by atoms with Crippen molar-refractivity contribution in [3.63, 3.8) is 0 Å². The van der Waals surface area contributed by atoms with E-state index in [1.54, 1.807) is 12.3 Å². The minimum absolute atomic E-state index is 0.245. The van der Waals surface area contributed by atoms with Gasteiger partial charge in [-0.3, -0.25) is 4.98 Å². The highest BCUT2D eigenvalue weighted by Gasteiger charge is 2.10. The maximum absolute atomic E-state index is 13.3. The van der Waals surface area contributed by atoms with Gasteiger partial charge in [0.05, 0.1) is 11.4 Å². The van der Waals surface area contributed by atoms with Crippen LogP contribution in [0, 0.1) is 12.7 Å². The van der Waals surface area contributed by atoms with E-state index in [1.165, 1.54) is 12.1 Å². The first-order valence-electron chi connectivity index (χ1n) is 8.65. The number of aromatic nitrogens is 3. The van der Waals surface area contributed by atoms with Crippen LogP contribution in [0.5, 0.6) is 0 Å². The van der Waals surface area contributed by atoms with Crippen LogP contribution in [0.25, 0.3) is 11.4 Å². The van der Waals surface area contributed by atoms with E-state index in [2.05, 4.69) is 39.4 Å². The standard InChI is InChI=1S/C20H22FN5/c1-4-14(3)23-20-25-18(17-7-5-6-10-22-17)12-19(26-20)24-16-9-8-15(21)11-13(16)2/h5-12,14H,4H2,1-3H3,(H2,23,24,25,26)/t14-/m0/s1. The van der Waals surface area contributed by atoms with E-state index in [0.29, 0.717) is 17.5 Å². The zero-order valence-electron chi connectivity index (χ0n) is 15.1. The number of hydrogen-bond acceptors (Lipinski definition) is 5. The molecule has 0 unspecified atom stereocenters. The molecule has 2 aromatic heterocycles. The quantitative estimate of drug-likeness (QED) is 0.658. The maximum Gasteiger partial charge on any atom is 0.225 e. The van der Waals surface area contributed by atoms with Crippen molar-refractivity contribution in [1.82, 2.24) is 15.0 Å². The van der Waals surface area contributed by atoms with Gasteiger partial charge in [0, 0.05) is 24.0 Å². The van der Waals surface area contributed by atoms with Crippen LogP contribution in [-0.2, 0) is 0 Å². The van der Waals surface area contributed by atoms with Gasteiger partial charge in [0.1, 0.15) is 11.6 Å². The zero-order valence-corrected chi connectivity index (χ0v) is 15.1. The minimum Gasteiger partial charge on any atom is -0.352 e. The van der Waals surface area contributed by atoms with Gasteiger partial charge in [0.25, 0.3) is 0 Å². The second-order valence-corrected chi connectivity index (χ2v) is 6.21. The Kier molecular flexibility index (Phi) is 5.41. The number of aryl methyl sites for hydroxylation is 1. The Balaban J connectivity index is 1.98. The summed E-state index contributed by atoms with van der Waals surface area (Å²) >= 11 is 0. The van der Waals surface area contributed by atoms with Crippen molar-refractivity contribution in [1.29, 1.82) is 0 Å². The normalized spacial score (nSPS) is 11.8. The molecule has 26 heavy (non-hydrogen) atoms. The lowest BCUT2D eigenvalue weighted by atomic mass is 10.2. The van der Waals surface area contributed by atoms with Gasteiger partial charge in [0.15, 0.2) is 0 Å². The number of rotatable bonds is 6. The molecule has 5 nitrogen and oxygen atoms in total. The van der Waals surface area contributed by atoms with Crippen LogP contribution in [-0.4, -0.2) is 21.0 Å². The third-order valence-corrected chi connectivity index (χ3v) is 4.09. The Morgan fingerprint density at radius 1 is 1.08 bits per heavy atom. The molecule has 6 heteroatoms. The summed E-state index contributed by atoms with van der Waals surface area (Å²) < 4.78 is 13.3. The van der Waals surface area contributed by atoms with Crippen LogP contribution in [0.1, 0.15) is 25.8 Å². The Morgan fingerprint density at radius 3 is 2.62 bits per heavy atom. The van der Waals surface area contributed by atoms with E-state index in [0.717, 1.165) is 23.4 Å². The predicted molar refractivity (Wildman–Crippen MR) is 103 cm³/mol. The molecule has 1 atom stereocenters. The lowest BCUT2D eigenvalue weighted by molar-refractivity contribution is 0.627. The predicted octanol–water partition coefficient (Wildman–Crippen LogP) is 4.94. The molecule has 3 rings (SSSR count). The summed E-state index contributed by atoms with van der Waals surface area (Å²) in [6.45, 7) is 6.03. The van der Waals surface area contributed by atoms with Crippen molar-refractivity contribution < 1.29 is 4.39 Å². The first-order chi connectivity index (χ1) is 12.5. The van der Waals surface area contributed by atoms with Crippen LogP contribution in [0.4, 0.5) is 21.8 Å². The van der Waals surface area contributed by atoms with E-state index in [1.807, 2.05) is 31.2 Å². The molecule has 0 spiro atoms. The molecule has 0 bridgehead atoms. The molecule has 0 saturated carbocycles. The van der Waals surface area contributed by atoms with E-state index in [9.17, 15) is 4.39 Å². The van der Waals surface area contributed by atoms with Crippen molar-refractivity contribution in [3.8, 4) is 11.4 Å². The van der Waals surface area contributed by atoms with Crippen LogP contribution in [0.15, 0.2) is 48.7 Å². The van der Waals surface area contributed by atoms with Crippen molar-refractivity contribution in [2.75, 3.05) is 10.6 Å². The van der Waals surface area contributed by atoms with Crippen LogP contribution in [0.2, 0.25) is 0 Å². The van der Waals surface area contributed by atoms with E-state index < -0.39 is 0 Å². The SMILES string of the molecule is CC[C@H](C)Nc1nc(Nc2ccc(F)cc2C)cc(-c2ccccn2)n1. The van der Waals surface area contributed by atoms with Gasteiger partial charge in [-0.1, -0.05) is 13.0 Å². The number of benzene rings is 1. The number of nitrogens with one attached hydrogen (secondary N) is 2. The molecule has 0 aliphatic carbocycles.